The molecule has 174 valence electrons. The monoisotopic (exact) mass is 447 g/mol. The van der Waals surface area contributed by atoms with Crippen LogP contribution in [0.3, 0.4) is 0 Å². The molecular weight excluding hydrogens is 414 g/mol. The Bertz CT molecular complexity index is 1020. The molecule has 1 aromatic heterocycles. The lowest BCUT2D eigenvalue weighted by molar-refractivity contribution is -0.134. The van der Waals surface area contributed by atoms with Crippen molar-refractivity contribution < 1.29 is 14.6 Å². The minimum Gasteiger partial charge on any atom is -0.497 e. The summed E-state index contributed by atoms with van der Waals surface area (Å²) in [6, 6.07) is 12.3. The van der Waals surface area contributed by atoms with Gasteiger partial charge in [-0.25, -0.2) is 4.98 Å². The molecule has 6 heteroatoms. The first-order valence-electron chi connectivity index (χ1n) is 12.4. The molecule has 1 amide bonds. The molecule has 7 rings (SSSR count). The first-order valence-corrected chi connectivity index (χ1v) is 12.4. The number of hydrogen-bond acceptors (Lipinski definition) is 5. The van der Waals surface area contributed by atoms with Gasteiger partial charge in [-0.3, -0.25) is 4.79 Å². The van der Waals surface area contributed by atoms with Gasteiger partial charge in [-0.2, -0.15) is 0 Å². The molecule has 2 heterocycles. The van der Waals surface area contributed by atoms with E-state index < -0.39 is 0 Å². The highest BCUT2D eigenvalue weighted by molar-refractivity contribution is 5.84. The molecule has 2 N–H and O–H groups in total. The van der Waals surface area contributed by atoms with Crippen LogP contribution in [0.2, 0.25) is 0 Å². The number of methoxy groups -OCH3 is 1. The second-order valence-electron chi connectivity index (χ2n) is 10.7. The number of aromatic nitrogens is 1. The number of aliphatic hydroxyl groups excluding tert-OH is 1. The fourth-order valence-corrected chi connectivity index (χ4v) is 7.30. The molecule has 1 aliphatic heterocycles. The lowest BCUT2D eigenvalue weighted by Crippen LogP contribution is -2.52. The third-order valence-corrected chi connectivity index (χ3v) is 8.81. The summed E-state index contributed by atoms with van der Waals surface area (Å²) in [5.41, 5.74) is 1.88. The van der Waals surface area contributed by atoms with Gasteiger partial charge in [-0.1, -0.05) is 12.1 Å². The van der Waals surface area contributed by atoms with E-state index in [-0.39, 0.29) is 29.4 Å². The summed E-state index contributed by atoms with van der Waals surface area (Å²) in [6.07, 6.45) is 7.70. The number of hydrogen-bond donors (Lipinski definition) is 2. The number of nitrogens with zero attached hydrogens (tertiary/aromatic N) is 2. The first-order chi connectivity index (χ1) is 16.1. The van der Waals surface area contributed by atoms with Crippen molar-refractivity contribution in [3.8, 4) is 16.9 Å². The Labute approximate surface area is 195 Å². The van der Waals surface area contributed by atoms with Crippen LogP contribution in [0.15, 0.2) is 42.6 Å². The Morgan fingerprint density at radius 1 is 1.15 bits per heavy atom. The van der Waals surface area contributed by atoms with Gasteiger partial charge in [-0.15, -0.1) is 0 Å². The van der Waals surface area contributed by atoms with Crippen molar-refractivity contribution in [2.45, 2.75) is 50.7 Å². The normalized spacial score (nSPS) is 34.5. The van der Waals surface area contributed by atoms with Crippen LogP contribution in [0.5, 0.6) is 5.75 Å². The van der Waals surface area contributed by atoms with Gasteiger partial charge in [0.05, 0.1) is 18.6 Å². The minimum absolute atomic E-state index is 0.138. The fraction of sp³-hybridized carbons (Fsp3) is 0.556. The molecule has 0 radical (unpaired) electrons. The van der Waals surface area contributed by atoms with Crippen molar-refractivity contribution in [3.05, 3.63) is 42.6 Å². The number of anilines is 1. The summed E-state index contributed by atoms with van der Waals surface area (Å²) in [7, 11) is 1.67. The van der Waals surface area contributed by atoms with Crippen molar-refractivity contribution in [2.75, 3.05) is 25.1 Å². The van der Waals surface area contributed by atoms with E-state index in [0.717, 1.165) is 74.3 Å². The summed E-state index contributed by atoms with van der Waals surface area (Å²) >= 11 is 0. The summed E-state index contributed by atoms with van der Waals surface area (Å²) in [6.45, 7) is 1.74. The fourth-order valence-electron chi connectivity index (χ4n) is 7.30. The minimum atomic E-state index is -0.312. The Hall–Kier alpha value is -2.60. The van der Waals surface area contributed by atoms with E-state index in [2.05, 4.69) is 22.3 Å². The summed E-state index contributed by atoms with van der Waals surface area (Å²) in [5, 5.41) is 14.0. The van der Waals surface area contributed by atoms with Crippen molar-refractivity contribution in [3.63, 3.8) is 0 Å². The molecule has 5 fully saturated rings. The SMILES string of the molecule is COc1ccc(-c2ccc(N3CCC[C@H](NC(=O)C45CC6CC(C4)C(O)C5C6)C3)nc2)cc1. The summed E-state index contributed by atoms with van der Waals surface area (Å²) < 4.78 is 5.24. The summed E-state index contributed by atoms with van der Waals surface area (Å²) in [5.74, 6) is 3.15. The highest BCUT2D eigenvalue weighted by Crippen LogP contribution is 2.65. The average Bonchev–Trinajstić information content (AvgIpc) is 3.23. The van der Waals surface area contributed by atoms with Crippen LogP contribution in [0.25, 0.3) is 11.1 Å². The van der Waals surface area contributed by atoms with E-state index in [0.29, 0.717) is 11.8 Å². The van der Waals surface area contributed by atoms with Crippen LogP contribution in [0.1, 0.15) is 38.5 Å². The topological polar surface area (TPSA) is 74.7 Å². The molecule has 6 nitrogen and oxygen atoms in total. The number of piperidine rings is 1. The average molecular weight is 448 g/mol. The van der Waals surface area contributed by atoms with E-state index in [4.69, 9.17) is 9.72 Å². The quantitative estimate of drug-likeness (QED) is 0.732. The standard InChI is InChI=1S/C27H33N3O3/c1-33-22-7-4-18(5-8-22)19-6-9-24(28-15-19)30-10-2-3-21(16-30)29-26(32)27-13-17-11-20(14-27)25(31)23(27)12-17/h4-9,15,17,20-21,23,25,31H,2-3,10-14,16H2,1H3,(H,29,32)/t17?,20?,21-,23?,25?,27?/m0/s1. The molecule has 4 saturated carbocycles. The molecule has 0 spiro atoms. The third-order valence-electron chi connectivity index (χ3n) is 8.81. The van der Waals surface area contributed by atoms with E-state index in [1.807, 2.05) is 30.5 Å². The van der Waals surface area contributed by atoms with Crippen LogP contribution < -0.4 is 15.0 Å². The van der Waals surface area contributed by atoms with Gasteiger partial charge in [0.15, 0.2) is 0 Å². The van der Waals surface area contributed by atoms with Gasteiger partial charge in [0.25, 0.3) is 0 Å². The molecule has 5 unspecified atom stereocenters. The van der Waals surface area contributed by atoms with Gasteiger partial charge in [-0.05, 0) is 86.1 Å². The molecule has 2 aromatic rings. The Morgan fingerprint density at radius 2 is 1.97 bits per heavy atom. The molecule has 4 bridgehead atoms. The van der Waals surface area contributed by atoms with Crippen molar-refractivity contribution in [1.82, 2.24) is 10.3 Å². The van der Waals surface area contributed by atoms with Crippen molar-refractivity contribution in [2.24, 2.45) is 23.2 Å². The highest BCUT2D eigenvalue weighted by atomic mass is 16.5. The van der Waals surface area contributed by atoms with Crippen LogP contribution >= 0.6 is 0 Å². The van der Waals surface area contributed by atoms with Gasteiger partial charge < -0.3 is 20.1 Å². The maximum atomic E-state index is 13.5. The molecule has 33 heavy (non-hydrogen) atoms. The number of amides is 1. The largest absolute Gasteiger partial charge is 0.497 e. The number of carbonyl (C=O) groups is 1. The van der Waals surface area contributed by atoms with Gasteiger partial charge in [0.2, 0.25) is 5.91 Å². The third kappa shape index (κ3) is 3.50. The molecule has 4 aliphatic carbocycles. The van der Waals surface area contributed by atoms with Gasteiger partial charge >= 0.3 is 0 Å². The second-order valence-corrected chi connectivity index (χ2v) is 10.7. The number of aliphatic hydroxyl groups is 1. The number of carbonyl (C=O) groups excluding carboxylic acids is 1. The molecule has 5 aliphatic rings. The maximum absolute atomic E-state index is 13.5. The number of rotatable bonds is 5. The summed E-state index contributed by atoms with van der Waals surface area (Å²) in [4.78, 5) is 20.5. The lowest BCUT2D eigenvalue weighted by atomic mass is 9.74. The zero-order chi connectivity index (χ0) is 22.6. The van der Waals surface area contributed by atoms with Crippen LogP contribution in [0.4, 0.5) is 5.82 Å². The Kier molecular flexibility index (Phi) is 5.09. The Morgan fingerprint density at radius 3 is 2.73 bits per heavy atom. The Balaban J connectivity index is 1.12. The molecule has 1 saturated heterocycles. The zero-order valence-corrected chi connectivity index (χ0v) is 19.2. The molecule has 1 aromatic carbocycles. The van der Waals surface area contributed by atoms with Crippen LogP contribution in [0, 0.1) is 23.2 Å². The van der Waals surface area contributed by atoms with Crippen LogP contribution in [-0.2, 0) is 4.79 Å². The predicted octanol–water partition coefficient (Wildman–Crippen LogP) is 3.64. The van der Waals surface area contributed by atoms with E-state index >= 15 is 0 Å². The first kappa shape index (κ1) is 21.0. The zero-order valence-electron chi connectivity index (χ0n) is 19.2. The van der Waals surface area contributed by atoms with Gasteiger partial charge in [0.1, 0.15) is 11.6 Å². The lowest BCUT2D eigenvalue weighted by Gasteiger charge is -2.37. The van der Waals surface area contributed by atoms with Crippen molar-refractivity contribution >= 4 is 11.7 Å². The van der Waals surface area contributed by atoms with E-state index in [9.17, 15) is 9.90 Å². The number of ether oxygens (including phenoxy) is 1. The van der Waals surface area contributed by atoms with Crippen LogP contribution in [-0.4, -0.2) is 48.3 Å². The van der Waals surface area contributed by atoms with E-state index in [1.165, 1.54) is 0 Å². The molecular formula is C27H33N3O3. The number of benzene rings is 1. The second kappa shape index (κ2) is 8.01. The number of nitrogens with one attached hydrogen (secondary N) is 1. The number of pyridine rings is 1. The molecule has 6 atom stereocenters. The maximum Gasteiger partial charge on any atom is 0.226 e. The van der Waals surface area contributed by atoms with E-state index in [1.54, 1.807) is 7.11 Å². The predicted molar refractivity (Wildman–Crippen MR) is 127 cm³/mol. The highest BCUT2D eigenvalue weighted by Gasteiger charge is 2.65. The van der Waals surface area contributed by atoms with Gasteiger partial charge in [0, 0.05) is 30.9 Å². The smallest absolute Gasteiger partial charge is 0.226 e. The van der Waals surface area contributed by atoms with Crippen molar-refractivity contribution in [1.29, 1.82) is 0 Å².